The van der Waals surface area contributed by atoms with Gasteiger partial charge in [0.1, 0.15) is 11.2 Å². The van der Waals surface area contributed by atoms with E-state index in [2.05, 4.69) is 168 Å². The third-order valence-corrected chi connectivity index (χ3v) is 10.6. The Bertz CT molecular complexity index is 3180. The first kappa shape index (κ1) is 31.1. The Labute approximate surface area is 316 Å². The van der Waals surface area contributed by atoms with Crippen molar-refractivity contribution in [2.24, 2.45) is 0 Å². The number of aromatic nitrogens is 5. The van der Waals surface area contributed by atoms with Gasteiger partial charge in [-0.2, -0.15) is 0 Å². The second-order valence-corrected chi connectivity index (χ2v) is 13.9. The lowest BCUT2D eigenvalue weighted by molar-refractivity contribution is 1.19. The summed E-state index contributed by atoms with van der Waals surface area (Å²) in [5.74, 6) is 0.678. The lowest BCUT2D eigenvalue weighted by Gasteiger charge is -2.13. The molecule has 0 saturated carbocycles. The fourth-order valence-corrected chi connectivity index (χ4v) is 7.99. The van der Waals surface area contributed by atoms with Crippen molar-refractivity contribution in [2.75, 3.05) is 0 Å². The van der Waals surface area contributed by atoms with Crippen LogP contribution in [0.25, 0.3) is 105 Å². The van der Waals surface area contributed by atoms with Crippen LogP contribution in [0.5, 0.6) is 0 Å². The molecule has 0 N–H and O–H groups in total. The van der Waals surface area contributed by atoms with Crippen LogP contribution in [-0.2, 0) is 0 Å². The summed E-state index contributed by atoms with van der Waals surface area (Å²) in [6.45, 7) is 0. The second-order valence-electron chi connectivity index (χ2n) is 13.9. The highest BCUT2D eigenvalue weighted by Gasteiger charge is 2.17. The maximum absolute atomic E-state index is 5.28. The van der Waals surface area contributed by atoms with Gasteiger partial charge < -0.3 is 0 Å². The molecular formula is C50H31N5. The molecule has 4 heterocycles. The molecule has 0 unspecified atom stereocenters. The van der Waals surface area contributed by atoms with Gasteiger partial charge in [0.25, 0.3) is 0 Å². The quantitative estimate of drug-likeness (QED) is 0.179. The van der Waals surface area contributed by atoms with E-state index in [1.807, 2.05) is 24.4 Å². The summed E-state index contributed by atoms with van der Waals surface area (Å²) in [5, 5.41) is 6.83. The number of benzene rings is 7. The zero-order chi connectivity index (χ0) is 36.3. The predicted octanol–water partition coefficient (Wildman–Crippen LogP) is 12.5. The predicted molar refractivity (Wildman–Crippen MR) is 226 cm³/mol. The first-order valence-corrected chi connectivity index (χ1v) is 18.5. The van der Waals surface area contributed by atoms with Gasteiger partial charge in [0.15, 0.2) is 11.5 Å². The summed E-state index contributed by atoms with van der Waals surface area (Å²) in [7, 11) is 0. The third kappa shape index (κ3) is 5.24. The Balaban J connectivity index is 1.07. The monoisotopic (exact) mass is 701 g/mol. The van der Waals surface area contributed by atoms with E-state index < -0.39 is 0 Å². The maximum Gasteiger partial charge on any atom is 0.165 e. The number of rotatable bonds is 5. The van der Waals surface area contributed by atoms with Crippen molar-refractivity contribution in [1.29, 1.82) is 0 Å². The first-order chi connectivity index (χ1) is 27.2. The molecule has 55 heavy (non-hydrogen) atoms. The Morgan fingerprint density at radius 3 is 1.58 bits per heavy atom. The van der Waals surface area contributed by atoms with Gasteiger partial charge in [0.05, 0.1) is 17.1 Å². The van der Waals surface area contributed by atoms with Gasteiger partial charge in [-0.15, -0.1) is 0 Å². The van der Waals surface area contributed by atoms with Crippen LogP contribution < -0.4 is 0 Å². The van der Waals surface area contributed by atoms with Gasteiger partial charge in [0.2, 0.25) is 0 Å². The minimum absolute atomic E-state index is 0.678. The number of pyridine rings is 2. The van der Waals surface area contributed by atoms with Crippen LogP contribution in [0.4, 0.5) is 0 Å². The van der Waals surface area contributed by atoms with E-state index in [4.69, 9.17) is 19.9 Å². The number of hydrogen-bond acceptors (Lipinski definition) is 4. The average Bonchev–Trinajstić information content (AvgIpc) is 3.64. The second kappa shape index (κ2) is 12.6. The molecule has 0 saturated heterocycles. The smallest absolute Gasteiger partial charge is 0.165 e. The maximum atomic E-state index is 5.28. The zero-order valence-electron chi connectivity index (χ0n) is 29.6. The van der Waals surface area contributed by atoms with Crippen molar-refractivity contribution in [1.82, 2.24) is 24.3 Å². The SMILES string of the molecule is c1cc(-c2cccc(-c3nc4c(nc5ccccn54)c4ccccc34)c2)cc(-c2nc(-c3cccc4ccccc34)cc(-c3cccc4ccccc34)n2)c1. The molecule has 11 aromatic rings. The molecule has 0 radical (unpaired) electrons. The summed E-state index contributed by atoms with van der Waals surface area (Å²) in [5.41, 5.74) is 11.6. The molecule has 11 rings (SSSR count). The molecule has 0 bridgehead atoms. The highest BCUT2D eigenvalue weighted by atomic mass is 15.1. The Hall–Kier alpha value is -7.50. The van der Waals surface area contributed by atoms with Gasteiger partial charge in [-0.3, -0.25) is 4.40 Å². The summed E-state index contributed by atoms with van der Waals surface area (Å²) >= 11 is 0. The Morgan fingerprint density at radius 2 is 0.891 bits per heavy atom. The normalized spacial score (nSPS) is 11.6. The third-order valence-electron chi connectivity index (χ3n) is 10.6. The largest absolute Gasteiger partial charge is 0.284 e. The Morgan fingerprint density at radius 1 is 0.364 bits per heavy atom. The molecule has 4 aromatic heterocycles. The topological polar surface area (TPSA) is 56.0 Å². The average molecular weight is 702 g/mol. The summed E-state index contributed by atoms with van der Waals surface area (Å²) in [4.78, 5) is 20.8. The number of imidazole rings is 1. The van der Waals surface area contributed by atoms with Crippen molar-refractivity contribution < 1.29 is 0 Å². The van der Waals surface area contributed by atoms with E-state index in [9.17, 15) is 0 Å². The van der Waals surface area contributed by atoms with Crippen molar-refractivity contribution in [2.45, 2.75) is 0 Å². The molecule has 0 amide bonds. The van der Waals surface area contributed by atoms with E-state index in [1.54, 1.807) is 0 Å². The number of fused-ring (bicyclic) bond motifs is 7. The highest BCUT2D eigenvalue weighted by molar-refractivity contribution is 6.09. The van der Waals surface area contributed by atoms with E-state index in [0.29, 0.717) is 5.82 Å². The molecule has 0 spiro atoms. The van der Waals surface area contributed by atoms with Crippen LogP contribution in [0.3, 0.4) is 0 Å². The van der Waals surface area contributed by atoms with Crippen LogP contribution in [-0.4, -0.2) is 24.3 Å². The van der Waals surface area contributed by atoms with Crippen molar-refractivity contribution in [3.63, 3.8) is 0 Å². The minimum atomic E-state index is 0.678. The van der Waals surface area contributed by atoms with Crippen molar-refractivity contribution >= 4 is 49.1 Å². The van der Waals surface area contributed by atoms with E-state index in [0.717, 1.165) is 88.8 Å². The fraction of sp³-hybridized carbons (Fsp3) is 0. The van der Waals surface area contributed by atoms with Crippen LogP contribution in [0.2, 0.25) is 0 Å². The molecule has 0 atom stereocenters. The standard InChI is InChI=1S/C50H31N5/c1-3-21-38-32(13-1)15-11-25-40(38)44-31-45(41-26-12-16-33-14-2-4-22-39(33)41)52-49(51-44)37-20-10-18-35(30-37)34-17-9-19-36(29-34)47-42-23-5-6-24-43(42)48-50(54-47)55-28-8-7-27-46(55)53-48/h1-31H. The molecule has 0 fully saturated rings. The number of hydrogen-bond donors (Lipinski definition) is 0. The number of nitrogens with zero attached hydrogens (tertiary/aromatic N) is 5. The summed E-state index contributed by atoms with van der Waals surface area (Å²) in [6, 6.07) is 63.6. The van der Waals surface area contributed by atoms with Crippen molar-refractivity contribution in [3.05, 3.63) is 188 Å². The summed E-state index contributed by atoms with van der Waals surface area (Å²) in [6.07, 6.45) is 2.03. The van der Waals surface area contributed by atoms with Gasteiger partial charge >= 0.3 is 0 Å². The van der Waals surface area contributed by atoms with Gasteiger partial charge in [-0.05, 0) is 63.0 Å². The highest BCUT2D eigenvalue weighted by Crippen LogP contribution is 2.37. The fourth-order valence-electron chi connectivity index (χ4n) is 7.99. The lowest BCUT2D eigenvalue weighted by Crippen LogP contribution is -1.97. The van der Waals surface area contributed by atoms with E-state index in [1.165, 1.54) is 10.8 Å². The Kier molecular flexibility index (Phi) is 7.10. The molecule has 7 aromatic carbocycles. The van der Waals surface area contributed by atoms with Crippen molar-refractivity contribution in [3.8, 4) is 56.3 Å². The lowest BCUT2D eigenvalue weighted by atomic mass is 9.97. The summed E-state index contributed by atoms with van der Waals surface area (Å²) < 4.78 is 2.07. The molecule has 0 aliphatic heterocycles. The zero-order valence-corrected chi connectivity index (χ0v) is 29.6. The molecular weight excluding hydrogens is 671 g/mol. The molecule has 5 nitrogen and oxygen atoms in total. The van der Waals surface area contributed by atoms with Crippen LogP contribution in [0, 0.1) is 0 Å². The van der Waals surface area contributed by atoms with Gasteiger partial charge in [-0.25, -0.2) is 19.9 Å². The van der Waals surface area contributed by atoms with Gasteiger partial charge in [0, 0.05) is 39.2 Å². The van der Waals surface area contributed by atoms with E-state index >= 15 is 0 Å². The van der Waals surface area contributed by atoms with E-state index in [-0.39, 0.29) is 0 Å². The van der Waals surface area contributed by atoms with Crippen LogP contribution >= 0.6 is 0 Å². The minimum Gasteiger partial charge on any atom is -0.284 e. The van der Waals surface area contributed by atoms with Crippen LogP contribution in [0.15, 0.2) is 188 Å². The molecule has 5 heteroatoms. The first-order valence-electron chi connectivity index (χ1n) is 18.5. The molecule has 0 aliphatic carbocycles. The molecule has 256 valence electrons. The van der Waals surface area contributed by atoms with Crippen LogP contribution in [0.1, 0.15) is 0 Å². The molecule has 0 aliphatic rings. The van der Waals surface area contributed by atoms with Gasteiger partial charge in [-0.1, -0.05) is 152 Å².